The molecule has 0 saturated carbocycles. The fraction of sp³-hybridized carbons (Fsp3) is 0.250. The van der Waals surface area contributed by atoms with Gasteiger partial charge in [-0.25, -0.2) is 9.78 Å². The van der Waals surface area contributed by atoms with Gasteiger partial charge in [0.25, 0.3) is 0 Å². The van der Waals surface area contributed by atoms with Crippen LogP contribution >= 0.6 is 11.3 Å². The summed E-state index contributed by atoms with van der Waals surface area (Å²) in [6, 6.07) is 0. The third-order valence-electron chi connectivity index (χ3n) is 1.93. The Bertz CT molecular complexity index is 453. The average molecular weight is 226 g/mol. The Hall–Kier alpha value is -1.76. The number of Topliss-reactive ketones (excluding diaryl/α,β-unsaturated/α-hetero) is 1. The first kappa shape index (κ1) is 9.78. The maximum atomic E-state index is 11.3. The van der Waals surface area contributed by atoms with Gasteiger partial charge in [0.1, 0.15) is 0 Å². The third-order valence-corrected chi connectivity index (χ3v) is 2.79. The fourth-order valence-electron chi connectivity index (χ4n) is 1.25. The van der Waals surface area contributed by atoms with E-state index in [0.29, 0.717) is 0 Å². The van der Waals surface area contributed by atoms with E-state index < -0.39 is 5.97 Å². The number of hydrogen-bond donors (Lipinski definition) is 1. The van der Waals surface area contributed by atoms with Gasteiger partial charge in [0.2, 0.25) is 5.91 Å². The van der Waals surface area contributed by atoms with Gasteiger partial charge in [-0.1, -0.05) is 0 Å². The van der Waals surface area contributed by atoms with Gasteiger partial charge in [-0.2, -0.15) is 0 Å². The van der Waals surface area contributed by atoms with E-state index in [1.807, 2.05) is 0 Å². The van der Waals surface area contributed by atoms with Crippen molar-refractivity contribution in [2.75, 3.05) is 11.4 Å². The summed E-state index contributed by atoms with van der Waals surface area (Å²) >= 11 is 1.04. The van der Waals surface area contributed by atoms with Crippen molar-refractivity contribution in [1.82, 2.24) is 4.98 Å². The van der Waals surface area contributed by atoms with Gasteiger partial charge in [0.15, 0.2) is 16.6 Å². The van der Waals surface area contributed by atoms with Crippen molar-refractivity contribution in [3.8, 4) is 0 Å². The van der Waals surface area contributed by atoms with E-state index in [-0.39, 0.29) is 35.5 Å². The van der Waals surface area contributed by atoms with Crippen LogP contribution in [0.1, 0.15) is 16.9 Å². The lowest BCUT2D eigenvalue weighted by molar-refractivity contribution is -0.121. The quantitative estimate of drug-likeness (QED) is 0.725. The molecule has 1 aliphatic heterocycles. The second-order valence-corrected chi connectivity index (χ2v) is 3.85. The second-order valence-electron chi connectivity index (χ2n) is 3.02. The highest BCUT2D eigenvalue weighted by Crippen LogP contribution is 2.23. The van der Waals surface area contributed by atoms with E-state index in [2.05, 4.69) is 4.98 Å². The molecule has 0 aliphatic carbocycles. The summed E-state index contributed by atoms with van der Waals surface area (Å²) in [5.41, 5.74) is -0.109. The molecule has 0 spiro atoms. The van der Waals surface area contributed by atoms with Crippen LogP contribution in [0.5, 0.6) is 0 Å². The number of thiazole rings is 1. The molecule has 78 valence electrons. The minimum Gasteiger partial charge on any atom is -0.476 e. The van der Waals surface area contributed by atoms with Crippen LogP contribution in [0.3, 0.4) is 0 Å². The summed E-state index contributed by atoms with van der Waals surface area (Å²) in [6.45, 7) is -0.00853. The van der Waals surface area contributed by atoms with Crippen LogP contribution in [0.2, 0.25) is 0 Å². The first-order valence-corrected chi connectivity index (χ1v) is 4.97. The smallest absolute Gasteiger partial charge is 0.355 e. The minimum atomic E-state index is -1.14. The lowest BCUT2D eigenvalue weighted by Crippen LogP contribution is -2.24. The van der Waals surface area contributed by atoms with Crippen molar-refractivity contribution in [2.24, 2.45) is 0 Å². The van der Waals surface area contributed by atoms with Crippen LogP contribution in [-0.4, -0.2) is 34.3 Å². The summed E-state index contributed by atoms with van der Waals surface area (Å²) in [5, 5.41) is 10.2. The number of carbonyl (C=O) groups excluding carboxylic acids is 2. The zero-order valence-corrected chi connectivity index (χ0v) is 8.28. The number of aromatic carboxylic acids is 1. The zero-order chi connectivity index (χ0) is 11.0. The number of carboxylic acids is 1. The molecular weight excluding hydrogens is 220 g/mol. The number of rotatable bonds is 2. The van der Waals surface area contributed by atoms with Crippen LogP contribution in [0.25, 0.3) is 0 Å². The number of nitrogens with zero attached hydrogens (tertiary/aromatic N) is 2. The minimum absolute atomic E-state index is 0.00853. The molecule has 1 aliphatic rings. The summed E-state index contributed by atoms with van der Waals surface area (Å²) in [7, 11) is 0. The van der Waals surface area contributed by atoms with E-state index in [0.717, 1.165) is 11.3 Å². The summed E-state index contributed by atoms with van der Waals surface area (Å²) < 4.78 is 0. The highest BCUT2D eigenvalue weighted by atomic mass is 32.1. The molecule has 0 bridgehead atoms. The van der Waals surface area contributed by atoms with Crippen LogP contribution in [0, 0.1) is 0 Å². The Morgan fingerprint density at radius 3 is 2.73 bits per heavy atom. The summed E-state index contributed by atoms with van der Waals surface area (Å²) in [6.07, 6.45) is -0.123. The van der Waals surface area contributed by atoms with Crippen LogP contribution < -0.4 is 4.90 Å². The predicted molar refractivity (Wildman–Crippen MR) is 51.1 cm³/mol. The van der Waals surface area contributed by atoms with Crippen molar-refractivity contribution in [3.05, 3.63) is 11.1 Å². The van der Waals surface area contributed by atoms with Crippen molar-refractivity contribution >= 4 is 34.1 Å². The molecule has 0 radical (unpaired) electrons. The molecule has 0 atom stereocenters. The normalized spacial score (nSPS) is 16.1. The number of carbonyl (C=O) groups is 3. The molecule has 0 aromatic carbocycles. The summed E-state index contributed by atoms with van der Waals surface area (Å²) in [4.78, 5) is 37.8. The number of aromatic nitrogens is 1. The van der Waals surface area contributed by atoms with E-state index in [9.17, 15) is 14.4 Å². The highest BCUT2D eigenvalue weighted by molar-refractivity contribution is 7.14. The van der Waals surface area contributed by atoms with E-state index >= 15 is 0 Å². The molecular formula is C8H6N2O4S. The first-order chi connectivity index (χ1) is 7.08. The van der Waals surface area contributed by atoms with Gasteiger partial charge in [-0.15, -0.1) is 11.3 Å². The predicted octanol–water partition coefficient (Wildman–Crippen LogP) is 0.147. The number of ketones is 1. The lowest BCUT2D eigenvalue weighted by Gasteiger charge is -2.08. The molecule has 1 aromatic rings. The molecule has 1 fully saturated rings. The second kappa shape index (κ2) is 3.43. The van der Waals surface area contributed by atoms with Gasteiger partial charge < -0.3 is 5.11 Å². The molecule has 1 N–H and O–H groups in total. The molecule has 6 nitrogen and oxygen atoms in total. The van der Waals surface area contributed by atoms with E-state index in [1.54, 1.807) is 0 Å². The molecule has 0 unspecified atom stereocenters. The average Bonchev–Trinajstić information content (AvgIpc) is 2.71. The maximum absolute atomic E-state index is 11.3. The number of hydrogen-bond acceptors (Lipinski definition) is 5. The molecule has 7 heteroatoms. The maximum Gasteiger partial charge on any atom is 0.355 e. The highest BCUT2D eigenvalue weighted by Gasteiger charge is 2.30. The Morgan fingerprint density at radius 2 is 2.27 bits per heavy atom. The van der Waals surface area contributed by atoms with Crippen molar-refractivity contribution in [1.29, 1.82) is 0 Å². The van der Waals surface area contributed by atoms with Crippen molar-refractivity contribution in [3.63, 3.8) is 0 Å². The molecule has 2 rings (SSSR count). The topological polar surface area (TPSA) is 87.6 Å². The molecule has 1 amide bonds. The van der Waals surface area contributed by atoms with Crippen LogP contribution in [0.15, 0.2) is 5.38 Å². The Kier molecular flexibility index (Phi) is 2.24. The lowest BCUT2D eigenvalue weighted by atomic mass is 10.3. The molecule has 15 heavy (non-hydrogen) atoms. The van der Waals surface area contributed by atoms with E-state index in [4.69, 9.17) is 5.11 Å². The SMILES string of the molecule is O=C1CC(=O)N(c2nc(C(=O)O)cs2)C1. The largest absolute Gasteiger partial charge is 0.476 e. The first-order valence-electron chi connectivity index (χ1n) is 4.09. The number of carboxylic acid groups (broad SMARTS) is 1. The standard InChI is InChI=1S/C8H6N2O4S/c11-4-1-6(12)10(2-4)8-9-5(3-15-8)7(13)14/h3H,1-2H2,(H,13,14). The van der Waals surface area contributed by atoms with Gasteiger partial charge in [-0.3, -0.25) is 14.5 Å². The van der Waals surface area contributed by atoms with Crippen molar-refractivity contribution in [2.45, 2.75) is 6.42 Å². The zero-order valence-electron chi connectivity index (χ0n) is 7.47. The number of amides is 1. The third kappa shape index (κ3) is 1.73. The Balaban J connectivity index is 2.26. The van der Waals surface area contributed by atoms with Gasteiger partial charge in [0.05, 0.1) is 13.0 Å². The molecule has 1 saturated heterocycles. The van der Waals surface area contributed by atoms with Gasteiger partial charge in [0, 0.05) is 5.38 Å². The number of anilines is 1. The summed E-state index contributed by atoms with van der Waals surface area (Å²) in [5.74, 6) is -1.64. The Labute approximate surface area is 88.1 Å². The van der Waals surface area contributed by atoms with Gasteiger partial charge in [-0.05, 0) is 0 Å². The monoisotopic (exact) mass is 226 g/mol. The molecule has 2 heterocycles. The van der Waals surface area contributed by atoms with E-state index in [1.165, 1.54) is 10.3 Å². The van der Waals surface area contributed by atoms with Crippen molar-refractivity contribution < 1.29 is 19.5 Å². The fourth-order valence-corrected chi connectivity index (χ4v) is 2.06. The van der Waals surface area contributed by atoms with Crippen LogP contribution in [-0.2, 0) is 9.59 Å². The van der Waals surface area contributed by atoms with Crippen LogP contribution in [0.4, 0.5) is 5.13 Å². The van der Waals surface area contributed by atoms with Gasteiger partial charge >= 0.3 is 5.97 Å². The molecule has 1 aromatic heterocycles. The Morgan fingerprint density at radius 1 is 1.53 bits per heavy atom.